The maximum atomic E-state index is 10.6. The molecule has 1 N–H and O–H groups in total. The summed E-state index contributed by atoms with van der Waals surface area (Å²) in [6.45, 7) is 0.141. The second kappa shape index (κ2) is 4.85. The summed E-state index contributed by atoms with van der Waals surface area (Å²) in [5.41, 5.74) is 0.393. The first kappa shape index (κ1) is 11.6. The van der Waals surface area contributed by atoms with Crippen LogP contribution in [0, 0.1) is 10.1 Å². The molecule has 0 aromatic carbocycles. The van der Waals surface area contributed by atoms with E-state index in [4.69, 9.17) is 4.74 Å². The summed E-state index contributed by atoms with van der Waals surface area (Å²) in [6, 6.07) is 0. The second-order valence-electron chi connectivity index (χ2n) is 3.20. The molecule has 0 saturated heterocycles. The summed E-state index contributed by atoms with van der Waals surface area (Å²) < 4.78 is 6.27. The van der Waals surface area contributed by atoms with Crippen LogP contribution in [0.5, 0.6) is 0 Å². The van der Waals surface area contributed by atoms with Gasteiger partial charge in [-0.15, -0.1) is 0 Å². The fourth-order valence-electron chi connectivity index (χ4n) is 1.31. The molecule has 0 aliphatic rings. The Morgan fingerprint density at radius 3 is 3.00 bits per heavy atom. The number of hydrogen-bond donors (Lipinski definition) is 1. The number of ether oxygens (including phenoxy) is 1. The number of methoxy groups -OCH3 is 1. The van der Waals surface area contributed by atoms with Gasteiger partial charge in [0, 0.05) is 20.6 Å². The molecule has 0 spiro atoms. The zero-order chi connectivity index (χ0) is 11.4. The number of nitrogens with zero attached hydrogens (tertiary/aromatic N) is 3. The monoisotopic (exact) mass is 215 g/mol. The van der Waals surface area contributed by atoms with E-state index in [9.17, 15) is 15.2 Å². The maximum absolute atomic E-state index is 10.6. The molecule has 0 radical (unpaired) electrons. The van der Waals surface area contributed by atoms with Gasteiger partial charge in [0.2, 0.25) is 6.33 Å². The van der Waals surface area contributed by atoms with E-state index in [1.165, 1.54) is 18.0 Å². The molecule has 0 fully saturated rings. The van der Waals surface area contributed by atoms with Crippen molar-refractivity contribution in [3.63, 3.8) is 0 Å². The summed E-state index contributed by atoms with van der Waals surface area (Å²) >= 11 is 0. The van der Waals surface area contributed by atoms with Crippen LogP contribution in [-0.4, -0.2) is 39.4 Å². The molecule has 1 unspecified atom stereocenters. The van der Waals surface area contributed by atoms with Crippen molar-refractivity contribution >= 4 is 5.82 Å². The van der Waals surface area contributed by atoms with E-state index in [0.29, 0.717) is 5.69 Å². The molecule has 0 bridgehead atoms. The maximum Gasteiger partial charge on any atom is 0.384 e. The molecule has 0 amide bonds. The van der Waals surface area contributed by atoms with Crippen molar-refractivity contribution in [3.05, 3.63) is 22.1 Å². The molecule has 7 heteroatoms. The zero-order valence-corrected chi connectivity index (χ0v) is 8.58. The number of aliphatic hydroxyl groups excluding tert-OH is 1. The van der Waals surface area contributed by atoms with Crippen molar-refractivity contribution in [3.8, 4) is 0 Å². The number of rotatable bonds is 5. The standard InChI is InChI=1S/C8H13N3O4/c1-10-5-9-8(11(13)14)7(10)3-6(12)4-15-2/h5-6,12H,3-4H2,1-2H3. The van der Waals surface area contributed by atoms with E-state index >= 15 is 0 Å². The molecule has 7 nitrogen and oxygen atoms in total. The average Bonchev–Trinajstić information content (AvgIpc) is 2.48. The minimum absolute atomic E-state index is 0.141. The van der Waals surface area contributed by atoms with E-state index < -0.39 is 11.0 Å². The van der Waals surface area contributed by atoms with Crippen molar-refractivity contribution in [2.24, 2.45) is 7.05 Å². The number of aromatic nitrogens is 2. The van der Waals surface area contributed by atoms with E-state index in [1.54, 1.807) is 7.05 Å². The van der Waals surface area contributed by atoms with Crippen LogP contribution in [0.15, 0.2) is 6.33 Å². The van der Waals surface area contributed by atoms with Crippen LogP contribution in [0.2, 0.25) is 0 Å². The highest BCUT2D eigenvalue weighted by atomic mass is 16.6. The summed E-state index contributed by atoms with van der Waals surface area (Å²) in [6.07, 6.45) is 0.747. The van der Waals surface area contributed by atoms with E-state index in [1.807, 2.05) is 0 Å². The summed E-state index contributed by atoms with van der Waals surface area (Å²) in [5.74, 6) is -0.215. The van der Waals surface area contributed by atoms with E-state index in [0.717, 1.165) is 0 Å². The quantitative estimate of drug-likeness (QED) is 0.546. The van der Waals surface area contributed by atoms with Crippen molar-refractivity contribution in [1.29, 1.82) is 0 Å². The predicted octanol–water partition coefficient (Wildman–Crippen LogP) is -0.122. The van der Waals surface area contributed by atoms with Crippen LogP contribution < -0.4 is 0 Å². The molecule has 1 aromatic heterocycles. The molecule has 84 valence electrons. The molecule has 0 saturated carbocycles. The fraction of sp³-hybridized carbons (Fsp3) is 0.625. The Balaban J connectivity index is 2.83. The molecule has 1 atom stereocenters. The Bertz CT molecular complexity index is 350. The van der Waals surface area contributed by atoms with Crippen LogP contribution in [0.4, 0.5) is 5.82 Å². The molecule has 15 heavy (non-hydrogen) atoms. The van der Waals surface area contributed by atoms with Gasteiger partial charge in [-0.3, -0.25) is 0 Å². The van der Waals surface area contributed by atoms with E-state index in [2.05, 4.69) is 4.98 Å². The number of hydrogen-bond acceptors (Lipinski definition) is 5. The molecule has 0 aliphatic carbocycles. The molecular formula is C8H13N3O4. The van der Waals surface area contributed by atoms with Crippen LogP contribution in [0.1, 0.15) is 5.69 Å². The van der Waals surface area contributed by atoms with Gasteiger partial charge in [-0.2, -0.15) is 0 Å². The van der Waals surface area contributed by atoms with Crippen LogP contribution >= 0.6 is 0 Å². The van der Waals surface area contributed by atoms with Gasteiger partial charge in [0.25, 0.3) is 0 Å². The Morgan fingerprint density at radius 1 is 1.80 bits per heavy atom. The van der Waals surface area contributed by atoms with Gasteiger partial charge in [-0.25, -0.2) is 0 Å². The smallest absolute Gasteiger partial charge is 0.384 e. The summed E-state index contributed by atoms with van der Waals surface area (Å²) in [5, 5.41) is 20.1. The Kier molecular flexibility index (Phi) is 3.75. The van der Waals surface area contributed by atoms with Gasteiger partial charge in [0.05, 0.1) is 12.7 Å². The van der Waals surface area contributed by atoms with Gasteiger partial charge >= 0.3 is 5.82 Å². The van der Waals surface area contributed by atoms with Gasteiger partial charge in [0.1, 0.15) is 5.69 Å². The van der Waals surface area contributed by atoms with Crippen molar-refractivity contribution in [1.82, 2.24) is 9.55 Å². The van der Waals surface area contributed by atoms with Crippen molar-refractivity contribution in [2.75, 3.05) is 13.7 Å². The fourth-order valence-corrected chi connectivity index (χ4v) is 1.31. The summed E-state index contributed by atoms with van der Waals surface area (Å²) in [4.78, 5) is 13.7. The molecule has 1 rings (SSSR count). The van der Waals surface area contributed by atoms with Crippen LogP contribution in [0.3, 0.4) is 0 Å². The van der Waals surface area contributed by atoms with Gasteiger partial charge in [-0.1, -0.05) is 0 Å². The number of aliphatic hydroxyl groups is 1. The highest BCUT2D eigenvalue weighted by molar-refractivity contribution is 5.27. The SMILES string of the molecule is COCC(O)Cc1c([N+](=O)[O-])ncn1C. The molecule has 0 aliphatic heterocycles. The minimum Gasteiger partial charge on any atom is -0.390 e. The van der Waals surface area contributed by atoms with Gasteiger partial charge in [0.15, 0.2) is 0 Å². The highest BCUT2D eigenvalue weighted by Crippen LogP contribution is 2.16. The second-order valence-corrected chi connectivity index (χ2v) is 3.20. The van der Waals surface area contributed by atoms with Crippen molar-refractivity contribution in [2.45, 2.75) is 12.5 Å². The van der Waals surface area contributed by atoms with Crippen molar-refractivity contribution < 1.29 is 14.8 Å². The Labute approximate surface area is 86.5 Å². The molecular weight excluding hydrogens is 202 g/mol. The lowest BCUT2D eigenvalue weighted by Gasteiger charge is -2.08. The van der Waals surface area contributed by atoms with Gasteiger partial charge in [-0.05, 0) is 9.91 Å². The number of aryl methyl sites for hydroxylation is 1. The molecule has 1 heterocycles. The largest absolute Gasteiger partial charge is 0.390 e. The highest BCUT2D eigenvalue weighted by Gasteiger charge is 2.22. The molecule has 1 aromatic rings. The minimum atomic E-state index is -0.760. The zero-order valence-electron chi connectivity index (χ0n) is 8.58. The average molecular weight is 215 g/mol. The topological polar surface area (TPSA) is 90.4 Å². The van der Waals surface area contributed by atoms with Crippen LogP contribution in [-0.2, 0) is 18.2 Å². The first-order chi connectivity index (χ1) is 7.06. The first-order valence-corrected chi connectivity index (χ1v) is 4.37. The first-order valence-electron chi connectivity index (χ1n) is 4.37. The summed E-state index contributed by atoms with van der Waals surface area (Å²) in [7, 11) is 3.11. The Hall–Kier alpha value is -1.47. The third-order valence-electron chi connectivity index (χ3n) is 2.00. The lowest BCUT2D eigenvalue weighted by Crippen LogP contribution is -2.19. The normalized spacial score (nSPS) is 12.7. The Morgan fingerprint density at radius 2 is 2.47 bits per heavy atom. The third kappa shape index (κ3) is 2.74. The lowest BCUT2D eigenvalue weighted by molar-refractivity contribution is -0.390. The lowest BCUT2D eigenvalue weighted by atomic mass is 10.2. The van der Waals surface area contributed by atoms with Gasteiger partial charge < -0.3 is 24.5 Å². The number of nitro groups is 1. The number of imidazole rings is 1. The predicted molar refractivity (Wildman–Crippen MR) is 51.4 cm³/mol. The third-order valence-corrected chi connectivity index (χ3v) is 2.00. The van der Waals surface area contributed by atoms with Crippen LogP contribution in [0.25, 0.3) is 0 Å². The van der Waals surface area contributed by atoms with E-state index in [-0.39, 0.29) is 18.8 Å².